The predicted molar refractivity (Wildman–Crippen MR) is 97.1 cm³/mol. The molecule has 0 aliphatic heterocycles. The van der Waals surface area contributed by atoms with Gasteiger partial charge in [0.2, 0.25) is 5.28 Å². The van der Waals surface area contributed by atoms with E-state index in [0.717, 1.165) is 35.1 Å². The molecule has 10 heteroatoms. The first-order valence-electron chi connectivity index (χ1n) is 8.49. The highest BCUT2D eigenvalue weighted by Crippen LogP contribution is 2.48. The van der Waals surface area contributed by atoms with Gasteiger partial charge >= 0.3 is 0 Å². The summed E-state index contributed by atoms with van der Waals surface area (Å²) in [4.78, 5) is 4.28. The number of hydrogen-bond acceptors (Lipinski definition) is 6. The lowest BCUT2D eigenvalue weighted by Gasteiger charge is -2.14. The number of benzene rings is 1. The Bertz CT molecular complexity index is 1350. The van der Waals surface area contributed by atoms with Gasteiger partial charge in [0.25, 0.3) is 5.95 Å². The molecular weight excluding hydrogens is 368 g/mol. The van der Waals surface area contributed by atoms with Crippen molar-refractivity contribution in [2.45, 2.75) is 18.4 Å². The Morgan fingerprint density at radius 1 is 1.11 bits per heavy atom. The molecule has 0 saturated heterocycles. The first-order chi connectivity index (χ1) is 13.2. The van der Waals surface area contributed by atoms with E-state index in [-0.39, 0.29) is 5.60 Å². The summed E-state index contributed by atoms with van der Waals surface area (Å²) in [5.41, 5.74) is 2.86. The van der Waals surface area contributed by atoms with Crippen LogP contribution in [0.4, 0.5) is 0 Å². The molecule has 0 radical (unpaired) electrons. The number of methoxy groups -OCH3 is 1. The SMILES string of the molecule is COC1(c2cnnn2-c2nnc3c4ccccc4n4c(Cl)ncc4n23)CC1. The Kier molecular flexibility index (Phi) is 2.80. The topological polar surface area (TPSA) is 87.4 Å². The van der Waals surface area contributed by atoms with Gasteiger partial charge in [-0.05, 0) is 36.6 Å². The highest BCUT2D eigenvalue weighted by Gasteiger charge is 2.48. The number of fused-ring (bicyclic) bond motifs is 6. The van der Waals surface area contributed by atoms with Gasteiger partial charge in [-0.2, -0.15) is 4.68 Å². The van der Waals surface area contributed by atoms with Crippen molar-refractivity contribution in [1.82, 2.24) is 39.0 Å². The van der Waals surface area contributed by atoms with Crippen LogP contribution in [-0.4, -0.2) is 46.1 Å². The number of nitrogens with zero attached hydrogens (tertiary/aromatic N) is 8. The molecule has 1 aliphatic rings. The van der Waals surface area contributed by atoms with Gasteiger partial charge in [-0.1, -0.05) is 17.3 Å². The number of halogens is 1. The fraction of sp³-hybridized carbons (Fsp3) is 0.235. The van der Waals surface area contributed by atoms with Crippen LogP contribution in [0, 0.1) is 0 Å². The third-order valence-electron chi connectivity index (χ3n) is 5.26. The summed E-state index contributed by atoms with van der Waals surface area (Å²) in [5.74, 6) is 0.521. The van der Waals surface area contributed by atoms with Crippen LogP contribution in [0.5, 0.6) is 0 Å². The summed E-state index contributed by atoms with van der Waals surface area (Å²) >= 11 is 6.38. The second kappa shape index (κ2) is 5.02. The molecule has 27 heavy (non-hydrogen) atoms. The quantitative estimate of drug-likeness (QED) is 0.477. The lowest BCUT2D eigenvalue weighted by Crippen LogP contribution is -2.17. The molecule has 1 aliphatic carbocycles. The number of ether oxygens (including phenoxy) is 1. The van der Waals surface area contributed by atoms with E-state index in [2.05, 4.69) is 25.5 Å². The third-order valence-corrected chi connectivity index (χ3v) is 5.53. The summed E-state index contributed by atoms with van der Waals surface area (Å²) in [7, 11) is 1.70. The van der Waals surface area contributed by atoms with Gasteiger partial charge in [-0.15, -0.1) is 15.3 Å². The van der Waals surface area contributed by atoms with Gasteiger partial charge in [0.05, 0.1) is 23.6 Å². The van der Waals surface area contributed by atoms with Gasteiger partial charge in [-0.3, -0.25) is 4.40 Å². The lowest BCUT2D eigenvalue weighted by atomic mass is 10.2. The van der Waals surface area contributed by atoms with Crippen molar-refractivity contribution in [2.75, 3.05) is 7.11 Å². The number of hydrogen-bond donors (Lipinski definition) is 0. The Labute approximate surface area is 157 Å². The molecule has 4 aromatic heterocycles. The summed E-state index contributed by atoms with van der Waals surface area (Å²) in [6, 6.07) is 7.88. The Balaban J connectivity index is 1.76. The van der Waals surface area contributed by atoms with Crippen molar-refractivity contribution >= 4 is 33.8 Å². The van der Waals surface area contributed by atoms with Crippen LogP contribution in [0.3, 0.4) is 0 Å². The second-order valence-corrected chi connectivity index (χ2v) is 6.96. The van der Waals surface area contributed by atoms with E-state index in [1.54, 1.807) is 24.2 Å². The molecule has 0 unspecified atom stereocenters. The molecule has 0 amide bonds. The molecule has 0 spiro atoms. The molecule has 0 N–H and O–H groups in total. The van der Waals surface area contributed by atoms with E-state index in [1.807, 2.05) is 33.1 Å². The summed E-state index contributed by atoms with van der Waals surface area (Å²) in [6.45, 7) is 0. The molecule has 6 rings (SSSR count). The van der Waals surface area contributed by atoms with Gasteiger partial charge in [0.15, 0.2) is 5.65 Å². The maximum atomic E-state index is 6.38. The largest absolute Gasteiger partial charge is 0.372 e. The summed E-state index contributed by atoms with van der Waals surface area (Å²) in [5, 5.41) is 18.5. The molecule has 0 atom stereocenters. The normalized spacial score (nSPS) is 15.9. The van der Waals surface area contributed by atoms with Crippen molar-refractivity contribution in [3.63, 3.8) is 0 Å². The Hall–Kier alpha value is -3.04. The highest BCUT2D eigenvalue weighted by molar-refractivity contribution is 6.29. The van der Waals surface area contributed by atoms with Crippen LogP contribution < -0.4 is 0 Å². The zero-order valence-electron chi connectivity index (χ0n) is 14.2. The first kappa shape index (κ1) is 15.1. The molecular formula is C17H13ClN8O. The van der Waals surface area contributed by atoms with E-state index in [4.69, 9.17) is 16.3 Å². The maximum absolute atomic E-state index is 6.38. The molecule has 1 aromatic carbocycles. The average molecular weight is 381 g/mol. The zero-order chi connectivity index (χ0) is 18.2. The van der Waals surface area contributed by atoms with Crippen molar-refractivity contribution < 1.29 is 4.74 Å². The second-order valence-electron chi connectivity index (χ2n) is 6.63. The summed E-state index contributed by atoms with van der Waals surface area (Å²) < 4.78 is 11.2. The standard InChI is InChI=1S/C17H13ClN8O/c1-27-17(6-7-17)12-8-20-23-26(12)16-22-21-14-10-4-2-3-5-11(10)24-13(25(14)16)9-19-15(24)18/h2-5,8-9H,6-7H2,1H3. The fourth-order valence-corrected chi connectivity index (χ4v) is 3.96. The molecule has 4 heterocycles. The van der Waals surface area contributed by atoms with E-state index < -0.39 is 0 Å². The average Bonchev–Trinajstić information content (AvgIpc) is 3.03. The van der Waals surface area contributed by atoms with Crippen LogP contribution in [0.2, 0.25) is 5.28 Å². The molecule has 134 valence electrons. The van der Waals surface area contributed by atoms with Crippen LogP contribution in [0.15, 0.2) is 36.7 Å². The van der Waals surface area contributed by atoms with Crippen molar-refractivity contribution in [3.05, 3.63) is 47.6 Å². The molecule has 1 saturated carbocycles. The van der Waals surface area contributed by atoms with Crippen LogP contribution >= 0.6 is 11.6 Å². The van der Waals surface area contributed by atoms with Gasteiger partial charge in [0, 0.05) is 12.5 Å². The first-order valence-corrected chi connectivity index (χ1v) is 8.87. The van der Waals surface area contributed by atoms with Crippen LogP contribution in [0.1, 0.15) is 18.5 Å². The molecule has 0 bridgehead atoms. The van der Waals surface area contributed by atoms with Crippen LogP contribution in [-0.2, 0) is 10.3 Å². The molecule has 1 fully saturated rings. The number of imidazole rings is 1. The third kappa shape index (κ3) is 1.84. The van der Waals surface area contributed by atoms with Gasteiger partial charge < -0.3 is 4.74 Å². The number of aromatic nitrogens is 8. The Morgan fingerprint density at radius 2 is 1.96 bits per heavy atom. The van der Waals surface area contributed by atoms with Crippen molar-refractivity contribution in [2.24, 2.45) is 0 Å². The molecule has 9 nitrogen and oxygen atoms in total. The van der Waals surface area contributed by atoms with E-state index >= 15 is 0 Å². The highest BCUT2D eigenvalue weighted by atomic mass is 35.5. The minimum Gasteiger partial charge on any atom is -0.372 e. The van der Waals surface area contributed by atoms with E-state index in [1.165, 1.54) is 0 Å². The minimum atomic E-state index is -0.361. The minimum absolute atomic E-state index is 0.361. The Morgan fingerprint density at radius 3 is 2.78 bits per heavy atom. The predicted octanol–water partition coefficient (Wildman–Crippen LogP) is 2.40. The van der Waals surface area contributed by atoms with Crippen molar-refractivity contribution in [1.29, 1.82) is 0 Å². The summed E-state index contributed by atoms with van der Waals surface area (Å²) in [6.07, 6.45) is 5.27. The molecule has 5 aromatic rings. The van der Waals surface area contributed by atoms with E-state index in [9.17, 15) is 0 Å². The maximum Gasteiger partial charge on any atom is 0.259 e. The monoisotopic (exact) mass is 380 g/mol. The smallest absolute Gasteiger partial charge is 0.259 e. The van der Waals surface area contributed by atoms with E-state index in [0.29, 0.717) is 16.9 Å². The fourth-order valence-electron chi connectivity index (χ4n) is 3.73. The number of rotatable bonds is 3. The zero-order valence-corrected chi connectivity index (χ0v) is 15.0. The van der Waals surface area contributed by atoms with Crippen molar-refractivity contribution in [3.8, 4) is 5.95 Å². The lowest BCUT2D eigenvalue weighted by molar-refractivity contribution is 0.0728. The number of para-hydroxylation sites is 1. The van der Waals surface area contributed by atoms with Gasteiger partial charge in [-0.25, -0.2) is 9.38 Å². The van der Waals surface area contributed by atoms with Gasteiger partial charge in [0.1, 0.15) is 11.2 Å². The van der Waals surface area contributed by atoms with Crippen LogP contribution in [0.25, 0.3) is 28.1 Å².